The second kappa shape index (κ2) is 15.2. The molecule has 0 bridgehead atoms. The Morgan fingerprint density at radius 2 is 1.80 bits per heavy atom. The Morgan fingerprint density at radius 3 is 2.52 bits per heavy atom. The highest BCUT2D eigenvalue weighted by atomic mass is 16.5. The summed E-state index contributed by atoms with van der Waals surface area (Å²) in [4.78, 5) is 15.1. The summed E-state index contributed by atoms with van der Waals surface area (Å²) in [5, 5.41) is 15.6. The van der Waals surface area contributed by atoms with Crippen molar-refractivity contribution >= 4 is 33.3 Å². The molecule has 0 aliphatic carbocycles. The molecule has 54 heavy (non-hydrogen) atoms. The van der Waals surface area contributed by atoms with E-state index in [-0.39, 0.29) is 6.23 Å². The van der Waals surface area contributed by atoms with E-state index in [9.17, 15) is 0 Å². The first-order valence-electron chi connectivity index (χ1n) is 18.8. The third-order valence-corrected chi connectivity index (χ3v) is 10.9. The molecule has 2 aliphatic heterocycles. The van der Waals surface area contributed by atoms with E-state index in [1.54, 1.807) is 14.2 Å². The number of aromatic nitrogens is 6. The van der Waals surface area contributed by atoms with Crippen LogP contribution in [0.5, 0.6) is 23.1 Å². The van der Waals surface area contributed by atoms with Crippen molar-refractivity contribution in [3.8, 4) is 34.3 Å². The number of hydrogen-bond acceptors (Lipinski definition) is 11. The number of ether oxygens (including phenoxy) is 4. The number of anilines is 2. The Bertz CT molecular complexity index is 2270. The first kappa shape index (κ1) is 35.6. The van der Waals surface area contributed by atoms with Crippen LogP contribution in [-0.4, -0.2) is 88.5 Å². The van der Waals surface area contributed by atoms with Crippen molar-refractivity contribution < 1.29 is 18.9 Å². The molecular weight excluding hydrogens is 683 g/mol. The summed E-state index contributed by atoms with van der Waals surface area (Å²) >= 11 is 0. The molecule has 4 aromatic heterocycles. The summed E-state index contributed by atoms with van der Waals surface area (Å²) in [5.74, 6) is 4.14. The largest absolute Gasteiger partial charge is 0.497 e. The number of piperidine rings is 1. The Balaban J connectivity index is 1.29. The van der Waals surface area contributed by atoms with Gasteiger partial charge in [-0.05, 0) is 83.0 Å². The molecule has 1 atom stereocenters. The molecule has 13 heteroatoms. The summed E-state index contributed by atoms with van der Waals surface area (Å²) < 4.78 is 28.3. The lowest BCUT2D eigenvalue weighted by Crippen LogP contribution is -2.42. The fourth-order valence-corrected chi connectivity index (χ4v) is 7.74. The van der Waals surface area contributed by atoms with Crippen LogP contribution in [0.15, 0.2) is 61.2 Å². The maximum Gasteiger partial charge on any atom is 0.232 e. The van der Waals surface area contributed by atoms with Crippen LogP contribution in [0.4, 0.5) is 11.6 Å². The Hall–Kier alpha value is -5.40. The number of aryl methyl sites for hydroxylation is 2. The summed E-state index contributed by atoms with van der Waals surface area (Å²) in [6, 6.07) is 12.7. The molecule has 1 N–H and O–H groups in total. The Labute approximate surface area is 315 Å². The first-order chi connectivity index (χ1) is 26.3. The number of methoxy groups -OCH3 is 2. The minimum atomic E-state index is -0.101. The molecule has 0 spiro atoms. The normalized spacial score (nSPS) is 16.7. The van der Waals surface area contributed by atoms with E-state index in [1.165, 1.54) is 0 Å². The molecule has 6 aromatic rings. The number of rotatable bonds is 11. The molecule has 282 valence electrons. The second-order valence-corrected chi connectivity index (χ2v) is 14.5. The highest BCUT2D eigenvalue weighted by molar-refractivity contribution is 6.06. The van der Waals surface area contributed by atoms with Gasteiger partial charge in [-0.25, -0.2) is 9.67 Å². The van der Waals surface area contributed by atoms with Crippen molar-refractivity contribution in [2.24, 2.45) is 7.05 Å². The van der Waals surface area contributed by atoms with Crippen LogP contribution in [0.25, 0.3) is 32.8 Å². The molecule has 13 nitrogen and oxygen atoms in total. The van der Waals surface area contributed by atoms with Crippen molar-refractivity contribution in [3.05, 3.63) is 72.3 Å². The number of fused-ring (bicyclic) bond motifs is 2. The number of nitrogens with zero attached hydrogens (tertiary/aromatic N) is 8. The van der Waals surface area contributed by atoms with Gasteiger partial charge in [0.1, 0.15) is 28.9 Å². The van der Waals surface area contributed by atoms with Gasteiger partial charge in [-0.2, -0.15) is 15.2 Å². The SMILES string of the molecule is COc1ccc(CNc2ncc(-c3cnn(C)c3)c3cc(N4CCC(N(C)C)CC4)nc(Oc4c(C)ccc5c4cnn5C4CCCCO4)c23)c(OC)c1. The maximum absolute atomic E-state index is 7.11. The highest BCUT2D eigenvalue weighted by Crippen LogP contribution is 2.43. The van der Waals surface area contributed by atoms with Crippen molar-refractivity contribution in [3.63, 3.8) is 0 Å². The predicted molar refractivity (Wildman–Crippen MR) is 211 cm³/mol. The van der Waals surface area contributed by atoms with E-state index in [4.69, 9.17) is 34.0 Å². The highest BCUT2D eigenvalue weighted by Gasteiger charge is 2.27. The molecule has 0 radical (unpaired) electrons. The Morgan fingerprint density at radius 1 is 0.944 bits per heavy atom. The van der Waals surface area contributed by atoms with Gasteiger partial charge in [-0.3, -0.25) is 4.68 Å². The molecule has 2 saturated heterocycles. The van der Waals surface area contributed by atoms with E-state index >= 15 is 0 Å². The van der Waals surface area contributed by atoms with Crippen molar-refractivity contribution in [2.45, 2.75) is 57.8 Å². The van der Waals surface area contributed by atoms with E-state index in [0.717, 1.165) is 113 Å². The lowest BCUT2D eigenvalue weighted by molar-refractivity contribution is -0.0366. The van der Waals surface area contributed by atoms with Gasteiger partial charge in [-0.15, -0.1) is 0 Å². The number of pyridine rings is 2. The zero-order valence-corrected chi connectivity index (χ0v) is 32.0. The summed E-state index contributed by atoms with van der Waals surface area (Å²) in [5.41, 5.74) is 4.80. The van der Waals surface area contributed by atoms with Crippen LogP contribution in [-0.2, 0) is 18.3 Å². The van der Waals surface area contributed by atoms with E-state index in [2.05, 4.69) is 59.4 Å². The standard InChI is InChI=1S/C41H49N9O4/c1-26-10-13-34-33(24-45-50(34)37-9-7-8-18-53-37)39(26)54-41-38-31(20-36(46-41)49-16-14-29(15-17-49)47(2)3)32(28-22-44-48(4)25-28)23-43-40(38)42-21-27-11-12-30(51-5)19-35(27)52-6/h10-13,19-20,22-25,29,37H,7-9,14-18,21H2,1-6H3,(H,42,43). The van der Waals surface area contributed by atoms with Gasteiger partial charge < -0.3 is 34.1 Å². The van der Waals surface area contributed by atoms with Gasteiger partial charge >= 0.3 is 0 Å². The maximum atomic E-state index is 7.11. The van der Waals surface area contributed by atoms with Crippen LogP contribution in [0.1, 0.15) is 49.5 Å². The average Bonchev–Trinajstić information content (AvgIpc) is 3.84. The average molecular weight is 732 g/mol. The molecule has 0 amide bonds. The summed E-state index contributed by atoms with van der Waals surface area (Å²) in [7, 11) is 9.57. The molecular formula is C41H49N9O4. The molecule has 2 aromatic carbocycles. The summed E-state index contributed by atoms with van der Waals surface area (Å²) in [6.07, 6.45) is 12.8. The quantitative estimate of drug-likeness (QED) is 0.144. The van der Waals surface area contributed by atoms with Gasteiger partial charge in [0.05, 0.1) is 42.9 Å². The molecule has 1 unspecified atom stereocenters. The molecule has 0 saturated carbocycles. The van der Waals surface area contributed by atoms with Crippen molar-refractivity contribution in [1.29, 1.82) is 0 Å². The number of hydrogen-bond donors (Lipinski definition) is 1. The fraction of sp³-hybridized carbons (Fsp3) is 0.415. The van der Waals surface area contributed by atoms with Gasteiger partial charge in [0.15, 0.2) is 6.23 Å². The van der Waals surface area contributed by atoms with Crippen LogP contribution in [0.3, 0.4) is 0 Å². The van der Waals surface area contributed by atoms with E-state index in [0.29, 0.717) is 30.0 Å². The lowest BCUT2D eigenvalue weighted by Gasteiger charge is -2.36. The van der Waals surface area contributed by atoms with Gasteiger partial charge in [0, 0.05) is 79.9 Å². The topological polar surface area (TPSA) is 117 Å². The minimum Gasteiger partial charge on any atom is -0.497 e. The van der Waals surface area contributed by atoms with Gasteiger partial charge in [0.25, 0.3) is 0 Å². The second-order valence-electron chi connectivity index (χ2n) is 14.5. The molecule has 8 rings (SSSR count). The van der Waals surface area contributed by atoms with Gasteiger partial charge in [-0.1, -0.05) is 6.07 Å². The zero-order valence-electron chi connectivity index (χ0n) is 32.0. The summed E-state index contributed by atoms with van der Waals surface area (Å²) in [6.45, 7) is 5.03. The number of nitrogens with one attached hydrogen (secondary N) is 1. The van der Waals surface area contributed by atoms with Crippen LogP contribution >= 0.6 is 0 Å². The fourth-order valence-electron chi connectivity index (χ4n) is 7.74. The lowest BCUT2D eigenvalue weighted by atomic mass is 10.0. The van der Waals surface area contributed by atoms with Gasteiger partial charge in [0.2, 0.25) is 5.88 Å². The predicted octanol–water partition coefficient (Wildman–Crippen LogP) is 7.34. The zero-order chi connectivity index (χ0) is 37.3. The van der Waals surface area contributed by atoms with Crippen LogP contribution < -0.4 is 24.4 Å². The smallest absolute Gasteiger partial charge is 0.232 e. The Kier molecular flexibility index (Phi) is 9.99. The minimum absolute atomic E-state index is 0.101. The van der Waals surface area contributed by atoms with Crippen molar-refractivity contribution in [2.75, 3.05) is 58.2 Å². The molecule has 2 aliphatic rings. The van der Waals surface area contributed by atoms with E-state index in [1.807, 2.05) is 59.4 Å². The molecule has 6 heterocycles. The third-order valence-electron chi connectivity index (χ3n) is 10.9. The van der Waals surface area contributed by atoms with Crippen molar-refractivity contribution in [1.82, 2.24) is 34.4 Å². The number of benzene rings is 2. The van der Waals surface area contributed by atoms with Crippen LogP contribution in [0, 0.1) is 6.92 Å². The monoisotopic (exact) mass is 731 g/mol. The first-order valence-corrected chi connectivity index (χ1v) is 18.8. The van der Waals surface area contributed by atoms with E-state index < -0.39 is 0 Å². The van der Waals surface area contributed by atoms with Crippen LogP contribution in [0.2, 0.25) is 0 Å². The molecule has 2 fully saturated rings. The third kappa shape index (κ3) is 6.89.